The summed E-state index contributed by atoms with van der Waals surface area (Å²) in [7, 11) is 0. The first-order chi connectivity index (χ1) is 12.7. The molecule has 5 nitrogen and oxygen atoms in total. The monoisotopic (exact) mass is 374 g/mol. The maximum Gasteiger partial charge on any atom is 0.232 e. The molecule has 138 valence electrons. The number of hydrogen-bond donors (Lipinski definition) is 0. The van der Waals surface area contributed by atoms with Gasteiger partial charge in [0, 0.05) is 32.1 Å². The number of hydrogen-bond acceptors (Lipinski definition) is 4. The summed E-state index contributed by atoms with van der Waals surface area (Å²) < 4.78 is 11.3. The van der Waals surface area contributed by atoms with Crippen LogP contribution in [0.2, 0.25) is 5.02 Å². The Kier molecular flexibility index (Phi) is 6.34. The summed E-state index contributed by atoms with van der Waals surface area (Å²) in [5, 5.41) is 0.515. The molecule has 0 unspecified atom stereocenters. The SMILES string of the molecule is CCOc1ccc(CC(=O)N2CCC(Oc3ncccc3Cl)CC2)cc1. The number of halogens is 1. The normalized spacial score (nSPS) is 14.9. The lowest BCUT2D eigenvalue weighted by Gasteiger charge is -2.32. The van der Waals surface area contributed by atoms with Gasteiger partial charge in [0.05, 0.1) is 13.0 Å². The first kappa shape index (κ1) is 18.5. The molecule has 26 heavy (non-hydrogen) atoms. The van der Waals surface area contributed by atoms with Crippen LogP contribution in [0.4, 0.5) is 0 Å². The highest BCUT2D eigenvalue weighted by atomic mass is 35.5. The molecule has 6 heteroatoms. The van der Waals surface area contributed by atoms with Gasteiger partial charge < -0.3 is 14.4 Å². The first-order valence-electron chi connectivity index (χ1n) is 8.92. The van der Waals surface area contributed by atoms with Gasteiger partial charge in [0.1, 0.15) is 16.9 Å². The third kappa shape index (κ3) is 4.88. The summed E-state index contributed by atoms with van der Waals surface area (Å²) in [6.07, 6.45) is 3.67. The van der Waals surface area contributed by atoms with E-state index in [1.165, 1.54) is 0 Å². The molecule has 0 saturated carbocycles. The highest BCUT2D eigenvalue weighted by Crippen LogP contribution is 2.24. The van der Waals surface area contributed by atoms with E-state index in [4.69, 9.17) is 21.1 Å². The van der Waals surface area contributed by atoms with E-state index in [9.17, 15) is 4.79 Å². The molecule has 1 aliphatic rings. The zero-order chi connectivity index (χ0) is 18.4. The number of ether oxygens (including phenoxy) is 2. The van der Waals surface area contributed by atoms with Crippen molar-refractivity contribution in [1.29, 1.82) is 0 Å². The van der Waals surface area contributed by atoms with Crippen LogP contribution >= 0.6 is 11.6 Å². The zero-order valence-corrected chi connectivity index (χ0v) is 15.6. The van der Waals surface area contributed by atoms with Gasteiger partial charge in [-0.1, -0.05) is 23.7 Å². The van der Waals surface area contributed by atoms with Gasteiger partial charge in [-0.15, -0.1) is 0 Å². The van der Waals surface area contributed by atoms with Crippen LogP contribution in [0.25, 0.3) is 0 Å². The Balaban J connectivity index is 1.48. The van der Waals surface area contributed by atoms with Crippen molar-refractivity contribution >= 4 is 17.5 Å². The Labute approximate surface area is 158 Å². The second kappa shape index (κ2) is 8.90. The van der Waals surface area contributed by atoms with E-state index < -0.39 is 0 Å². The van der Waals surface area contributed by atoms with Gasteiger partial charge in [0.25, 0.3) is 0 Å². The van der Waals surface area contributed by atoms with Gasteiger partial charge in [-0.2, -0.15) is 0 Å². The Morgan fingerprint density at radius 3 is 2.62 bits per heavy atom. The Bertz CT molecular complexity index is 728. The number of piperidine rings is 1. The predicted octanol–water partition coefficient (Wildman–Crippen LogP) is 3.75. The van der Waals surface area contributed by atoms with Crippen LogP contribution in [-0.4, -0.2) is 41.6 Å². The number of amides is 1. The summed E-state index contributed by atoms with van der Waals surface area (Å²) in [6, 6.07) is 11.2. The van der Waals surface area contributed by atoms with Crippen molar-refractivity contribution in [2.75, 3.05) is 19.7 Å². The predicted molar refractivity (Wildman–Crippen MR) is 101 cm³/mol. The molecule has 0 aliphatic carbocycles. The number of carbonyl (C=O) groups is 1. The molecule has 3 rings (SSSR count). The Morgan fingerprint density at radius 1 is 1.23 bits per heavy atom. The second-order valence-electron chi connectivity index (χ2n) is 6.24. The van der Waals surface area contributed by atoms with Crippen molar-refractivity contribution in [1.82, 2.24) is 9.88 Å². The van der Waals surface area contributed by atoms with Crippen molar-refractivity contribution in [3.8, 4) is 11.6 Å². The lowest BCUT2D eigenvalue weighted by molar-refractivity contribution is -0.132. The maximum absolute atomic E-state index is 12.5. The fraction of sp³-hybridized carbons (Fsp3) is 0.400. The molecule has 1 aliphatic heterocycles. The van der Waals surface area contributed by atoms with Gasteiger partial charge >= 0.3 is 0 Å². The quantitative estimate of drug-likeness (QED) is 0.772. The first-order valence-corrected chi connectivity index (χ1v) is 9.30. The minimum Gasteiger partial charge on any atom is -0.494 e. The molecule has 0 bridgehead atoms. The smallest absolute Gasteiger partial charge is 0.232 e. The van der Waals surface area contributed by atoms with Crippen molar-refractivity contribution in [3.05, 3.63) is 53.2 Å². The summed E-state index contributed by atoms with van der Waals surface area (Å²) in [6.45, 7) is 3.96. The van der Waals surface area contributed by atoms with Crippen LogP contribution in [0.15, 0.2) is 42.6 Å². The molecule has 0 N–H and O–H groups in total. The number of rotatable bonds is 6. The van der Waals surface area contributed by atoms with Crippen molar-refractivity contribution in [2.45, 2.75) is 32.3 Å². The number of carbonyl (C=O) groups excluding carboxylic acids is 1. The Morgan fingerprint density at radius 2 is 1.96 bits per heavy atom. The maximum atomic E-state index is 12.5. The standard InChI is InChI=1S/C20H23ClN2O3/c1-2-25-16-7-5-15(6-8-16)14-19(24)23-12-9-17(10-13-23)26-20-18(21)4-3-11-22-20/h3-8,11,17H,2,9-10,12-14H2,1H3. The van der Waals surface area contributed by atoms with Crippen LogP contribution in [0.1, 0.15) is 25.3 Å². The lowest BCUT2D eigenvalue weighted by Crippen LogP contribution is -2.42. The zero-order valence-electron chi connectivity index (χ0n) is 14.9. The number of nitrogens with zero attached hydrogens (tertiary/aromatic N) is 2. The van der Waals surface area contributed by atoms with E-state index in [1.807, 2.05) is 36.1 Å². The molecular formula is C20H23ClN2O3. The molecular weight excluding hydrogens is 352 g/mol. The third-order valence-corrected chi connectivity index (χ3v) is 4.68. The summed E-state index contributed by atoms with van der Waals surface area (Å²) in [4.78, 5) is 18.6. The summed E-state index contributed by atoms with van der Waals surface area (Å²) >= 11 is 6.08. The van der Waals surface area contributed by atoms with E-state index in [-0.39, 0.29) is 12.0 Å². The highest BCUT2D eigenvalue weighted by Gasteiger charge is 2.24. The molecule has 2 aromatic rings. The molecule has 2 heterocycles. The lowest BCUT2D eigenvalue weighted by atomic mass is 10.1. The van der Waals surface area contributed by atoms with Crippen LogP contribution in [0, 0.1) is 0 Å². The molecule has 1 aromatic carbocycles. The van der Waals surface area contributed by atoms with E-state index in [1.54, 1.807) is 18.3 Å². The third-order valence-electron chi connectivity index (χ3n) is 4.39. The fourth-order valence-electron chi connectivity index (χ4n) is 3.00. The minimum absolute atomic E-state index is 0.0388. The number of benzene rings is 1. The minimum atomic E-state index is 0.0388. The van der Waals surface area contributed by atoms with E-state index in [0.29, 0.717) is 37.0 Å². The number of aromatic nitrogens is 1. The second-order valence-corrected chi connectivity index (χ2v) is 6.65. The highest BCUT2D eigenvalue weighted by molar-refractivity contribution is 6.31. The van der Waals surface area contributed by atoms with Gasteiger partial charge in [-0.05, 0) is 36.8 Å². The molecule has 1 saturated heterocycles. The number of likely N-dealkylation sites (tertiary alicyclic amines) is 1. The van der Waals surface area contributed by atoms with Crippen molar-refractivity contribution in [2.24, 2.45) is 0 Å². The molecule has 1 amide bonds. The Hall–Kier alpha value is -2.27. The largest absolute Gasteiger partial charge is 0.494 e. The van der Waals surface area contributed by atoms with E-state index >= 15 is 0 Å². The number of pyridine rings is 1. The fourth-order valence-corrected chi connectivity index (χ4v) is 3.16. The van der Waals surface area contributed by atoms with Crippen molar-refractivity contribution < 1.29 is 14.3 Å². The van der Waals surface area contributed by atoms with E-state index in [2.05, 4.69) is 4.98 Å². The van der Waals surface area contributed by atoms with Gasteiger partial charge in [0.15, 0.2) is 0 Å². The summed E-state index contributed by atoms with van der Waals surface area (Å²) in [5.74, 6) is 1.44. The molecule has 0 spiro atoms. The van der Waals surface area contributed by atoms with Crippen LogP contribution in [-0.2, 0) is 11.2 Å². The van der Waals surface area contributed by atoms with Crippen LogP contribution in [0.5, 0.6) is 11.6 Å². The van der Waals surface area contributed by atoms with Gasteiger partial charge in [-0.3, -0.25) is 4.79 Å². The van der Waals surface area contributed by atoms with Gasteiger partial charge in [0.2, 0.25) is 11.8 Å². The van der Waals surface area contributed by atoms with Crippen LogP contribution in [0.3, 0.4) is 0 Å². The average Bonchev–Trinajstić information content (AvgIpc) is 2.66. The summed E-state index contributed by atoms with van der Waals surface area (Å²) in [5.41, 5.74) is 0.997. The van der Waals surface area contributed by atoms with Crippen molar-refractivity contribution in [3.63, 3.8) is 0 Å². The molecule has 0 radical (unpaired) electrons. The molecule has 0 atom stereocenters. The molecule has 1 aromatic heterocycles. The molecule has 1 fully saturated rings. The van der Waals surface area contributed by atoms with E-state index in [0.717, 1.165) is 24.2 Å². The average molecular weight is 375 g/mol. The topological polar surface area (TPSA) is 51.7 Å². The van der Waals surface area contributed by atoms with Gasteiger partial charge in [-0.25, -0.2) is 4.98 Å². The van der Waals surface area contributed by atoms with Crippen LogP contribution < -0.4 is 9.47 Å².